The smallest absolute Gasteiger partial charge is 0.354 e. The van der Waals surface area contributed by atoms with Gasteiger partial charge in [0.1, 0.15) is 18.8 Å². The van der Waals surface area contributed by atoms with E-state index in [0.29, 0.717) is 0 Å². The molecule has 0 aromatic heterocycles. The van der Waals surface area contributed by atoms with Crippen LogP contribution in [0.3, 0.4) is 0 Å². The van der Waals surface area contributed by atoms with Crippen LogP contribution in [0.5, 0.6) is 0 Å². The van der Waals surface area contributed by atoms with E-state index in [0.717, 1.165) is 34.8 Å². The van der Waals surface area contributed by atoms with Crippen LogP contribution in [0, 0.1) is 0 Å². The van der Waals surface area contributed by atoms with Crippen molar-refractivity contribution in [1.82, 2.24) is 0 Å². The fourth-order valence-corrected chi connectivity index (χ4v) is 3.34. The summed E-state index contributed by atoms with van der Waals surface area (Å²) < 4.78 is 30.8. The Labute approximate surface area is 183 Å². The van der Waals surface area contributed by atoms with Gasteiger partial charge < -0.3 is 34.2 Å². The minimum absolute atomic E-state index is 0.368. The number of rotatable bonds is 8. The predicted octanol–water partition coefficient (Wildman–Crippen LogP) is -0.431. The van der Waals surface area contributed by atoms with Crippen molar-refractivity contribution in [1.29, 1.82) is 0 Å². The van der Waals surface area contributed by atoms with Gasteiger partial charge in [0.05, 0.1) is 13.2 Å². The molecule has 0 saturated carbocycles. The molecule has 0 aliphatic carbocycles. The zero-order chi connectivity index (χ0) is 23.9. The first-order valence-corrected chi connectivity index (χ1v) is 9.54. The standard InChI is InChI=1S/C18H26ClNO11/c1-8(21)27-7-13(29-10(3)23)15(30-11(4)24)16-14(20)12(28-9(2)22)6-18(19,31-16)17(25)26-5/h12-16H,6-7,20H2,1-5H3/t12-,13+,14+,15+,16+,18?/m0/s1. The maximum atomic E-state index is 12.3. The largest absolute Gasteiger partial charge is 0.466 e. The summed E-state index contributed by atoms with van der Waals surface area (Å²) in [6.45, 7) is 3.86. The van der Waals surface area contributed by atoms with Gasteiger partial charge in [0.25, 0.3) is 0 Å². The van der Waals surface area contributed by atoms with Crippen molar-refractivity contribution in [2.75, 3.05) is 13.7 Å². The highest BCUT2D eigenvalue weighted by Crippen LogP contribution is 2.37. The van der Waals surface area contributed by atoms with Crippen molar-refractivity contribution in [2.24, 2.45) is 5.73 Å². The van der Waals surface area contributed by atoms with Crippen LogP contribution in [-0.4, -0.2) is 79.1 Å². The third kappa shape index (κ3) is 7.64. The highest BCUT2D eigenvalue weighted by atomic mass is 35.5. The van der Waals surface area contributed by atoms with Crippen molar-refractivity contribution in [2.45, 2.75) is 69.6 Å². The van der Waals surface area contributed by atoms with Gasteiger partial charge in [0.15, 0.2) is 12.2 Å². The molecule has 176 valence electrons. The summed E-state index contributed by atoms with van der Waals surface area (Å²) in [5.74, 6) is -4.06. The highest BCUT2D eigenvalue weighted by Gasteiger charge is 2.56. The highest BCUT2D eigenvalue weighted by molar-refractivity contribution is 6.32. The van der Waals surface area contributed by atoms with Crippen LogP contribution < -0.4 is 5.73 Å². The molecule has 2 N–H and O–H groups in total. The van der Waals surface area contributed by atoms with E-state index >= 15 is 0 Å². The summed E-state index contributed by atoms with van der Waals surface area (Å²) in [6, 6.07) is -1.18. The van der Waals surface area contributed by atoms with Crippen LogP contribution >= 0.6 is 11.6 Å². The van der Waals surface area contributed by atoms with E-state index < -0.39 is 72.0 Å². The Hall–Kier alpha value is -2.44. The van der Waals surface area contributed by atoms with Gasteiger partial charge in [-0.25, -0.2) is 4.79 Å². The monoisotopic (exact) mass is 467 g/mol. The summed E-state index contributed by atoms with van der Waals surface area (Å²) in [7, 11) is 1.06. The molecule has 1 rings (SSSR count). The Morgan fingerprint density at radius 3 is 2.06 bits per heavy atom. The first-order valence-electron chi connectivity index (χ1n) is 9.16. The average Bonchev–Trinajstić information content (AvgIpc) is 2.64. The number of nitrogens with two attached hydrogens (primary N) is 1. The van der Waals surface area contributed by atoms with Gasteiger partial charge in [-0.3, -0.25) is 19.2 Å². The molecular weight excluding hydrogens is 442 g/mol. The number of halogens is 1. The number of alkyl halides is 1. The minimum atomic E-state index is -2.16. The normalized spacial score (nSPS) is 27.3. The second kappa shape index (κ2) is 11.3. The molecule has 1 heterocycles. The van der Waals surface area contributed by atoms with E-state index in [-0.39, 0.29) is 6.42 Å². The molecule has 1 fully saturated rings. The number of ether oxygens (including phenoxy) is 6. The maximum absolute atomic E-state index is 12.3. The van der Waals surface area contributed by atoms with E-state index in [9.17, 15) is 24.0 Å². The maximum Gasteiger partial charge on any atom is 0.354 e. The number of hydrogen-bond acceptors (Lipinski definition) is 12. The Balaban J connectivity index is 3.42. The number of esters is 5. The third-order valence-corrected chi connectivity index (χ3v) is 4.56. The van der Waals surface area contributed by atoms with Gasteiger partial charge in [-0.05, 0) is 0 Å². The number of carbonyl (C=O) groups is 5. The fraction of sp³-hybridized carbons (Fsp3) is 0.722. The Morgan fingerprint density at radius 1 is 1.03 bits per heavy atom. The van der Waals surface area contributed by atoms with E-state index in [2.05, 4.69) is 4.74 Å². The van der Waals surface area contributed by atoms with E-state index in [4.69, 9.17) is 41.0 Å². The Morgan fingerprint density at radius 2 is 1.61 bits per heavy atom. The van der Waals surface area contributed by atoms with Crippen molar-refractivity contribution >= 4 is 41.4 Å². The molecule has 13 heteroatoms. The van der Waals surface area contributed by atoms with E-state index in [1.807, 2.05) is 0 Å². The van der Waals surface area contributed by atoms with Crippen molar-refractivity contribution in [3.63, 3.8) is 0 Å². The van der Waals surface area contributed by atoms with Crippen molar-refractivity contribution in [3.05, 3.63) is 0 Å². The molecule has 12 nitrogen and oxygen atoms in total. The molecule has 0 spiro atoms. The van der Waals surface area contributed by atoms with E-state index in [1.165, 1.54) is 0 Å². The zero-order valence-electron chi connectivity index (χ0n) is 17.7. The van der Waals surface area contributed by atoms with Crippen molar-refractivity contribution < 1.29 is 52.4 Å². The summed E-state index contributed by atoms with van der Waals surface area (Å²) in [5.41, 5.74) is 6.18. The Kier molecular flexibility index (Phi) is 9.66. The average molecular weight is 468 g/mol. The molecule has 0 aromatic rings. The molecule has 1 aliphatic rings. The molecule has 0 aromatic carbocycles. The van der Waals surface area contributed by atoms with Crippen LogP contribution in [0.1, 0.15) is 34.1 Å². The first-order chi connectivity index (χ1) is 14.3. The van der Waals surface area contributed by atoms with Gasteiger partial charge in [0, 0.05) is 34.1 Å². The van der Waals surface area contributed by atoms with Gasteiger partial charge in [0.2, 0.25) is 5.06 Å². The molecule has 1 saturated heterocycles. The van der Waals surface area contributed by atoms with Gasteiger partial charge >= 0.3 is 29.8 Å². The fourth-order valence-electron chi connectivity index (χ4n) is 3.01. The summed E-state index contributed by atoms with van der Waals surface area (Å²) in [4.78, 5) is 58.4. The molecule has 31 heavy (non-hydrogen) atoms. The quantitative estimate of drug-likeness (QED) is 0.278. The summed E-state index contributed by atoms with van der Waals surface area (Å²) in [6.07, 6.45) is -5.82. The SMILES string of the molecule is COC(=O)C1(Cl)C[C@H](OC(C)=O)[C@@H](N)[C@H]([C@H](OC(C)=O)[C@@H](COC(C)=O)OC(C)=O)O1. The second-order valence-corrected chi connectivity index (χ2v) is 7.37. The number of methoxy groups -OCH3 is 1. The van der Waals surface area contributed by atoms with Gasteiger partial charge in [-0.15, -0.1) is 0 Å². The predicted molar refractivity (Wildman–Crippen MR) is 101 cm³/mol. The van der Waals surface area contributed by atoms with Gasteiger partial charge in [-0.2, -0.15) is 0 Å². The molecule has 6 atom stereocenters. The van der Waals surface area contributed by atoms with Crippen molar-refractivity contribution in [3.8, 4) is 0 Å². The third-order valence-electron chi connectivity index (χ3n) is 4.16. The second-order valence-electron chi connectivity index (χ2n) is 6.76. The first kappa shape index (κ1) is 26.6. The lowest BCUT2D eigenvalue weighted by Crippen LogP contribution is -2.66. The molecule has 1 aliphatic heterocycles. The van der Waals surface area contributed by atoms with Crippen LogP contribution in [-0.2, 0) is 52.4 Å². The van der Waals surface area contributed by atoms with Crippen LogP contribution in [0.4, 0.5) is 0 Å². The van der Waals surface area contributed by atoms with Crippen LogP contribution in [0.25, 0.3) is 0 Å². The van der Waals surface area contributed by atoms with Crippen LogP contribution in [0.2, 0.25) is 0 Å². The molecular formula is C18H26ClNO11. The molecule has 0 radical (unpaired) electrons. The Bertz CT molecular complexity index is 715. The molecule has 1 unspecified atom stereocenters. The van der Waals surface area contributed by atoms with Crippen LogP contribution in [0.15, 0.2) is 0 Å². The lowest BCUT2D eigenvalue weighted by atomic mass is 9.90. The van der Waals surface area contributed by atoms with E-state index in [1.54, 1.807) is 0 Å². The summed E-state index contributed by atoms with van der Waals surface area (Å²) >= 11 is 6.31. The topological polar surface area (TPSA) is 167 Å². The van der Waals surface area contributed by atoms with Gasteiger partial charge in [-0.1, -0.05) is 11.6 Å². The summed E-state index contributed by atoms with van der Waals surface area (Å²) in [5, 5.41) is -2.16. The number of carbonyl (C=O) groups excluding carboxylic acids is 5. The number of hydrogen-bond donors (Lipinski definition) is 1. The lowest BCUT2D eigenvalue weighted by Gasteiger charge is -2.45. The minimum Gasteiger partial charge on any atom is -0.466 e. The zero-order valence-corrected chi connectivity index (χ0v) is 18.5. The molecule has 0 bridgehead atoms. The molecule has 0 amide bonds. The lowest BCUT2D eigenvalue weighted by molar-refractivity contribution is -0.222.